The summed E-state index contributed by atoms with van der Waals surface area (Å²) in [4.78, 5) is 38.4. The van der Waals surface area contributed by atoms with Crippen molar-refractivity contribution >= 4 is 17.9 Å². The first-order valence-electron chi connectivity index (χ1n) is 34.3. The molecular formula is C77H126O6. The van der Waals surface area contributed by atoms with Crippen LogP contribution in [0.15, 0.2) is 146 Å². The Hall–Kier alpha value is -4.71. The normalized spacial score (nSPS) is 13.0. The maximum Gasteiger partial charge on any atom is 0.306 e. The monoisotopic (exact) mass is 1150 g/mol. The second-order valence-electron chi connectivity index (χ2n) is 22.3. The number of unbranched alkanes of at least 4 members (excludes halogenated alkanes) is 26. The Labute approximate surface area is 512 Å². The zero-order valence-electron chi connectivity index (χ0n) is 53.9. The fourth-order valence-corrected chi connectivity index (χ4v) is 9.30. The van der Waals surface area contributed by atoms with E-state index in [4.69, 9.17) is 14.2 Å². The van der Waals surface area contributed by atoms with Crippen LogP contribution in [-0.4, -0.2) is 37.2 Å². The van der Waals surface area contributed by atoms with E-state index in [0.29, 0.717) is 19.3 Å². The largest absolute Gasteiger partial charge is 0.462 e. The van der Waals surface area contributed by atoms with Crippen LogP contribution in [-0.2, 0) is 28.6 Å². The van der Waals surface area contributed by atoms with Gasteiger partial charge in [-0.25, -0.2) is 0 Å². The molecule has 0 aliphatic heterocycles. The van der Waals surface area contributed by atoms with E-state index in [1.54, 1.807) is 0 Å². The maximum absolute atomic E-state index is 12.9. The number of carbonyl (C=O) groups excluding carboxylic acids is 3. The van der Waals surface area contributed by atoms with Crippen molar-refractivity contribution in [3.8, 4) is 0 Å². The third-order valence-corrected chi connectivity index (χ3v) is 14.3. The Morgan fingerprint density at radius 1 is 0.241 bits per heavy atom. The predicted molar refractivity (Wildman–Crippen MR) is 362 cm³/mol. The number of hydrogen-bond acceptors (Lipinski definition) is 6. The van der Waals surface area contributed by atoms with E-state index in [2.05, 4.69) is 167 Å². The molecule has 1 unspecified atom stereocenters. The van der Waals surface area contributed by atoms with E-state index in [-0.39, 0.29) is 31.1 Å². The summed E-state index contributed by atoms with van der Waals surface area (Å²) in [6.07, 6.45) is 100. The Balaban J connectivity index is 4.28. The van der Waals surface area contributed by atoms with E-state index in [9.17, 15) is 14.4 Å². The molecule has 0 aromatic rings. The summed E-state index contributed by atoms with van der Waals surface area (Å²) in [7, 11) is 0. The summed E-state index contributed by atoms with van der Waals surface area (Å²) in [6, 6.07) is 0. The summed E-state index contributed by atoms with van der Waals surface area (Å²) >= 11 is 0. The van der Waals surface area contributed by atoms with Crippen LogP contribution >= 0.6 is 0 Å². The van der Waals surface area contributed by atoms with Crippen molar-refractivity contribution in [2.24, 2.45) is 0 Å². The number of hydrogen-bond donors (Lipinski definition) is 0. The van der Waals surface area contributed by atoms with Gasteiger partial charge in [-0.15, -0.1) is 0 Å². The van der Waals surface area contributed by atoms with Crippen LogP contribution in [0, 0.1) is 0 Å². The molecule has 0 aliphatic carbocycles. The molecule has 0 amide bonds. The molecular weight excluding hydrogens is 1020 g/mol. The molecule has 0 aromatic heterocycles. The molecule has 470 valence electrons. The van der Waals surface area contributed by atoms with Crippen molar-refractivity contribution in [1.29, 1.82) is 0 Å². The molecule has 0 fully saturated rings. The van der Waals surface area contributed by atoms with Crippen molar-refractivity contribution in [1.82, 2.24) is 0 Å². The average molecular weight is 1150 g/mol. The highest BCUT2D eigenvalue weighted by Crippen LogP contribution is 2.16. The molecule has 0 N–H and O–H groups in total. The highest BCUT2D eigenvalue weighted by Gasteiger charge is 2.19. The minimum atomic E-state index is -0.801. The van der Waals surface area contributed by atoms with E-state index in [1.165, 1.54) is 116 Å². The van der Waals surface area contributed by atoms with Gasteiger partial charge in [0.2, 0.25) is 0 Å². The topological polar surface area (TPSA) is 78.9 Å². The lowest BCUT2D eigenvalue weighted by atomic mass is 10.0. The lowest BCUT2D eigenvalue weighted by Gasteiger charge is -2.18. The Morgan fingerprint density at radius 2 is 0.434 bits per heavy atom. The highest BCUT2D eigenvalue weighted by atomic mass is 16.6. The molecule has 0 saturated carbocycles. The highest BCUT2D eigenvalue weighted by molar-refractivity contribution is 5.71. The van der Waals surface area contributed by atoms with Crippen LogP contribution in [0.5, 0.6) is 0 Å². The van der Waals surface area contributed by atoms with Crippen LogP contribution in [0.25, 0.3) is 0 Å². The minimum Gasteiger partial charge on any atom is -0.462 e. The first-order chi connectivity index (χ1) is 41.0. The van der Waals surface area contributed by atoms with Gasteiger partial charge in [-0.2, -0.15) is 0 Å². The number of esters is 3. The number of ether oxygens (including phenoxy) is 3. The van der Waals surface area contributed by atoms with E-state index in [0.717, 1.165) is 148 Å². The Kier molecular flexibility index (Phi) is 65.8. The summed E-state index contributed by atoms with van der Waals surface area (Å²) < 4.78 is 16.9. The van der Waals surface area contributed by atoms with Crippen molar-refractivity contribution in [2.45, 2.75) is 309 Å². The summed E-state index contributed by atoms with van der Waals surface area (Å²) in [6.45, 7) is 6.28. The van der Waals surface area contributed by atoms with Gasteiger partial charge in [0.1, 0.15) is 13.2 Å². The van der Waals surface area contributed by atoms with Gasteiger partial charge in [0.15, 0.2) is 6.10 Å². The molecule has 0 aromatic carbocycles. The van der Waals surface area contributed by atoms with Crippen molar-refractivity contribution in [3.05, 3.63) is 146 Å². The SMILES string of the molecule is CC/C=C\C/C=C\C/C=C\C/C=C\C/C=C\CCCCCCCCCCCCCCCCCC(=O)OCC(COC(=O)CCCCC/C=C\C/C=C\C/C=C\CC)OC(=O)CCCCCCCCCC/C=C\C/C=C\C/C=C\C/C=C\CC. The zero-order valence-corrected chi connectivity index (χ0v) is 53.9. The molecule has 6 heteroatoms. The second-order valence-corrected chi connectivity index (χ2v) is 22.3. The van der Waals surface area contributed by atoms with Crippen LogP contribution in [0.4, 0.5) is 0 Å². The number of rotatable bonds is 61. The van der Waals surface area contributed by atoms with Crippen LogP contribution in [0.2, 0.25) is 0 Å². The van der Waals surface area contributed by atoms with E-state index < -0.39 is 6.10 Å². The van der Waals surface area contributed by atoms with Gasteiger partial charge in [-0.05, 0) is 135 Å². The molecule has 0 heterocycles. The number of carbonyl (C=O) groups is 3. The molecule has 83 heavy (non-hydrogen) atoms. The Bertz CT molecular complexity index is 1800. The second kappa shape index (κ2) is 69.8. The van der Waals surface area contributed by atoms with Gasteiger partial charge in [-0.1, -0.05) is 295 Å². The quantitative estimate of drug-likeness (QED) is 0.0261. The van der Waals surface area contributed by atoms with Gasteiger partial charge >= 0.3 is 17.9 Å². The predicted octanol–water partition coefficient (Wildman–Crippen LogP) is 23.9. The van der Waals surface area contributed by atoms with Crippen LogP contribution in [0.1, 0.15) is 303 Å². The van der Waals surface area contributed by atoms with Crippen molar-refractivity contribution in [2.75, 3.05) is 13.2 Å². The molecule has 0 radical (unpaired) electrons. The third-order valence-electron chi connectivity index (χ3n) is 14.3. The summed E-state index contributed by atoms with van der Waals surface area (Å²) in [5.41, 5.74) is 0. The average Bonchev–Trinajstić information content (AvgIpc) is 3.49. The molecule has 0 rings (SSSR count). The van der Waals surface area contributed by atoms with Gasteiger partial charge in [0, 0.05) is 19.3 Å². The van der Waals surface area contributed by atoms with Gasteiger partial charge in [-0.3, -0.25) is 14.4 Å². The molecule has 1 atom stereocenters. The van der Waals surface area contributed by atoms with Gasteiger partial charge < -0.3 is 14.2 Å². The minimum absolute atomic E-state index is 0.0937. The van der Waals surface area contributed by atoms with Crippen LogP contribution < -0.4 is 0 Å². The first kappa shape index (κ1) is 78.3. The third kappa shape index (κ3) is 68.0. The lowest BCUT2D eigenvalue weighted by molar-refractivity contribution is -0.167. The number of allylic oxidation sites excluding steroid dienone is 24. The van der Waals surface area contributed by atoms with Crippen molar-refractivity contribution in [3.63, 3.8) is 0 Å². The zero-order chi connectivity index (χ0) is 59.9. The van der Waals surface area contributed by atoms with E-state index >= 15 is 0 Å². The molecule has 0 bridgehead atoms. The molecule has 0 spiro atoms. The smallest absolute Gasteiger partial charge is 0.306 e. The van der Waals surface area contributed by atoms with Gasteiger partial charge in [0.05, 0.1) is 0 Å². The first-order valence-corrected chi connectivity index (χ1v) is 34.3. The molecule has 6 nitrogen and oxygen atoms in total. The summed E-state index contributed by atoms with van der Waals surface area (Å²) in [5.74, 6) is -0.928. The standard InChI is InChI=1S/C77H126O6/c1-4-7-10-13-16-19-22-25-27-29-31-33-34-35-36-37-38-39-40-41-42-44-45-47-49-52-55-58-61-64-67-70-76(79)82-73-74(72-81-75(78)69-66-63-60-57-54-51-24-21-18-15-12-9-6-3)83-77(80)71-68-65-62-59-56-53-50-48-46-43-32-30-28-26-23-20-17-14-11-8-5-2/h7-12,16-21,25-28,31-33,35-36,43,51,54,74H,4-6,13-15,22-24,29-30,34,37-42,44-50,52-53,55-73H2,1-3H3/b10-7-,11-8-,12-9-,19-16-,20-17-,21-18-,27-25-,28-26-,33-31-,36-35-,43-32-,54-51-. The Morgan fingerprint density at radius 3 is 0.687 bits per heavy atom. The fourth-order valence-electron chi connectivity index (χ4n) is 9.30. The molecule has 0 aliphatic rings. The van der Waals surface area contributed by atoms with Crippen molar-refractivity contribution < 1.29 is 28.6 Å². The fraction of sp³-hybridized carbons (Fsp3) is 0.649. The van der Waals surface area contributed by atoms with E-state index in [1.807, 2.05) is 0 Å². The van der Waals surface area contributed by atoms with Gasteiger partial charge in [0.25, 0.3) is 0 Å². The summed E-state index contributed by atoms with van der Waals surface area (Å²) in [5, 5.41) is 0. The lowest BCUT2D eigenvalue weighted by Crippen LogP contribution is -2.30. The van der Waals surface area contributed by atoms with Crippen LogP contribution in [0.3, 0.4) is 0 Å². The maximum atomic E-state index is 12.9. The molecule has 0 saturated heterocycles.